The SMILES string of the molecule is CC(=O)O.CC(C)=O.CN(C)C=O. The third-order valence-corrected chi connectivity index (χ3v) is 0.211. The van der Waals surface area contributed by atoms with Crippen molar-refractivity contribution < 1.29 is 19.5 Å². The molecule has 0 spiro atoms. The molecule has 0 fully saturated rings. The number of ketones is 1. The molecule has 5 nitrogen and oxygen atoms in total. The third kappa shape index (κ3) is 2110. The Balaban J connectivity index is -0.000000117. The minimum Gasteiger partial charge on any atom is -0.481 e. The van der Waals surface area contributed by atoms with E-state index in [2.05, 4.69) is 0 Å². The summed E-state index contributed by atoms with van der Waals surface area (Å²) in [6.07, 6.45) is 0.750. The number of Topliss-reactive ketones (excluding diaryl/α,β-unsaturated/α-hetero) is 1. The van der Waals surface area contributed by atoms with E-state index in [0.29, 0.717) is 0 Å². The van der Waals surface area contributed by atoms with Gasteiger partial charge in [0, 0.05) is 21.0 Å². The molecule has 5 heteroatoms. The summed E-state index contributed by atoms with van der Waals surface area (Å²) >= 11 is 0. The summed E-state index contributed by atoms with van der Waals surface area (Å²) < 4.78 is 0. The Morgan fingerprint density at radius 2 is 1.23 bits per heavy atom. The Morgan fingerprint density at radius 3 is 1.23 bits per heavy atom. The lowest BCUT2D eigenvalue weighted by molar-refractivity contribution is -0.134. The lowest BCUT2D eigenvalue weighted by Crippen LogP contribution is -2.06. The van der Waals surface area contributed by atoms with Gasteiger partial charge in [-0.25, -0.2) is 0 Å². The predicted octanol–water partition coefficient (Wildman–Crippen LogP) is 0.391. The third-order valence-electron chi connectivity index (χ3n) is 0.211. The maximum absolute atomic E-state index is 9.44. The number of nitrogens with zero attached hydrogens (tertiary/aromatic N) is 1. The highest BCUT2D eigenvalue weighted by atomic mass is 16.4. The summed E-state index contributed by atoms with van der Waals surface area (Å²) in [6.45, 7) is 4.14. The maximum Gasteiger partial charge on any atom is 0.300 e. The quantitative estimate of drug-likeness (QED) is 0.608. The molecule has 0 aliphatic carbocycles. The molecule has 0 aromatic carbocycles. The van der Waals surface area contributed by atoms with Crippen LogP contribution in [0.5, 0.6) is 0 Å². The highest BCUT2D eigenvalue weighted by Gasteiger charge is 1.68. The average molecular weight is 191 g/mol. The number of hydrogen-bond acceptors (Lipinski definition) is 3. The summed E-state index contributed by atoms with van der Waals surface area (Å²) in [5, 5.41) is 7.42. The lowest BCUT2D eigenvalue weighted by atomic mass is 10.6. The number of amides is 1. The Kier molecular flexibility index (Phi) is 17.9. The van der Waals surface area contributed by atoms with Gasteiger partial charge in [0.15, 0.2) is 0 Å². The van der Waals surface area contributed by atoms with Crippen molar-refractivity contribution in [2.75, 3.05) is 14.1 Å². The van der Waals surface area contributed by atoms with Crippen LogP contribution < -0.4 is 0 Å². The molecule has 1 amide bonds. The van der Waals surface area contributed by atoms with E-state index in [1.807, 2.05) is 0 Å². The van der Waals surface area contributed by atoms with Crippen LogP contribution in [0.2, 0.25) is 0 Å². The number of carbonyl (C=O) groups excluding carboxylic acids is 2. The zero-order valence-corrected chi connectivity index (χ0v) is 8.70. The number of hydrogen-bond donors (Lipinski definition) is 1. The molecule has 0 aromatic heterocycles. The average Bonchev–Trinajstić information content (AvgIpc) is 1.84. The molecule has 0 aromatic rings. The number of carboxylic acid groups (broad SMARTS) is 1. The fraction of sp³-hybridized carbons (Fsp3) is 0.625. The van der Waals surface area contributed by atoms with Crippen molar-refractivity contribution in [2.24, 2.45) is 0 Å². The van der Waals surface area contributed by atoms with Crippen molar-refractivity contribution in [3.8, 4) is 0 Å². The zero-order valence-electron chi connectivity index (χ0n) is 8.70. The molecule has 0 aliphatic rings. The summed E-state index contributed by atoms with van der Waals surface area (Å²) in [6, 6.07) is 0. The Hall–Kier alpha value is -1.39. The van der Waals surface area contributed by atoms with E-state index in [4.69, 9.17) is 9.90 Å². The van der Waals surface area contributed by atoms with Gasteiger partial charge in [-0.2, -0.15) is 0 Å². The molecule has 1 N–H and O–H groups in total. The topological polar surface area (TPSA) is 74.7 Å². The Bertz CT molecular complexity index is 134. The van der Waals surface area contributed by atoms with E-state index in [-0.39, 0.29) is 5.78 Å². The number of rotatable bonds is 1. The standard InChI is InChI=1S/C3H7NO.C3H6O.C2H4O2/c1-4(2)3-5;1-3(2)4;1-2(3)4/h3H,1-2H3;1-2H3;1H3,(H,3,4). The molecule has 0 radical (unpaired) electrons. The van der Waals surface area contributed by atoms with E-state index in [0.717, 1.165) is 13.3 Å². The van der Waals surface area contributed by atoms with Gasteiger partial charge in [-0.05, 0) is 13.8 Å². The van der Waals surface area contributed by atoms with Crippen molar-refractivity contribution in [1.29, 1.82) is 0 Å². The van der Waals surface area contributed by atoms with Crippen molar-refractivity contribution in [2.45, 2.75) is 20.8 Å². The smallest absolute Gasteiger partial charge is 0.300 e. The second kappa shape index (κ2) is 13.2. The van der Waals surface area contributed by atoms with Crippen molar-refractivity contribution >= 4 is 18.2 Å². The van der Waals surface area contributed by atoms with Crippen LogP contribution in [0.1, 0.15) is 20.8 Å². The Labute approximate surface area is 78.3 Å². The van der Waals surface area contributed by atoms with Gasteiger partial charge < -0.3 is 14.8 Å². The molecule has 78 valence electrons. The first-order valence-corrected chi connectivity index (χ1v) is 3.52. The second-order valence-electron chi connectivity index (χ2n) is 2.50. The zero-order chi connectivity index (χ0) is 11.4. The Morgan fingerprint density at radius 1 is 1.15 bits per heavy atom. The van der Waals surface area contributed by atoms with E-state index in [1.54, 1.807) is 14.1 Å². The summed E-state index contributed by atoms with van der Waals surface area (Å²) in [5.41, 5.74) is 0. The van der Waals surface area contributed by atoms with Crippen LogP contribution in [0, 0.1) is 0 Å². The van der Waals surface area contributed by atoms with Crippen LogP contribution in [0.4, 0.5) is 0 Å². The first-order chi connectivity index (χ1) is 5.73. The van der Waals surface area contributed by atoms with Crippen LogP contribution in [0.25, 0.3) is 0 Å². The van der Waals surface area contributed by atoms with Crippen LogP contribution >= 0.6 is 0 Å². The van der Waals surface area contributed by atoms with Gasteiger partial charge in [-0.15, -0.1) is 0 Å². The minimum absolute atomic E-state index is 0.167. The molecule has 0 aliphatic heterocycles. The molecular formula is C8H17NO4. The predicted molar refractivity (Wildman–Crippen MR) is 49.4 cm³/mol. The number of aliphatic carboxylic acids is 1. The molecule has 0 saturated carbocycles. The van der Waals surface area contributed by atoms with Gasteiger partial charge in [-0.1, -0.05) is 0 Å². The van der Waals surface area contributed by atoms with Crippen LogP contribution in [0.3, 0.4) is 0 Å². The molecular weight excluding hydrogens is 174 g/mol. The van der Waals surface area contributed by atoms with Crippen LogP contribution in [-0.4, -0.2) is 42.3 Å². The first-order valence-electron chi connectivity index (χ1n) is 3.52. The maximum atomic E-state index is 9.44. The van der Waals surface area contributed by atoms with Gasteiger partial charge in [0.05, 0.1) is 0 Å². The molecule has 0 heterocycles. The summed E-state index contributed by atoms with van der Waals surface area (Å²) in [4.78, 5) is 29.3. The summed E-state index contributed by atoms with van der Waals surface area (Å²) in [5.74, 6) is -0.667. The largest absolute Gasteiger partial charge is 0.481 e. The van der Waals surface area contributed by atoms with Crippen LogP contribution in [-0.2, 0) is 14.4 Å². The van der Waals surface area contributed by atoms with Crippen molar-refractivity contribution in [3.63, 3.8) is 0 Å². The molecule has 0 atom stereocenters. The molecule has 0 saturated heterocycles. The normalized spacial score (nSPS) is 6.54. The summed E-state index contributed by atoms with van der Waals surface area (Å²) in [7, 11) is 3.38. The minimum atomic E-state index is -0.833. The van der Waals surface area contributed by atoms with E-state index in [9.17, 15) is 9.59 Å². The fourth-order valence-corrected chi connectivity index (χ4v) is 0. The van der Waals surface area contributed by atoms with Gasteiger partial charge in [0.2, 0.25) is 6.41 Å². The molecule has 13 heavy (non-hydrogen) atoms. The monoisotopic (exact) mass is 191 g/mol. The van der Waals surface area contributed by atoms with E-state index >= 15 is 0 Å². The highest BCUT2D eigenvalue weighted by Crippen LogP contribution is 1.52. The van der Waals surface area contributed by atoms with Crippen LogP contribution in [0.15, 0.2) is 0 Å². The number of carbonyl (C=O) groups is 3. The highest BCUT2D eigenvalue weighted by molar-refractivity contribution is 5.72. The van der Waals surface area contributed by atoms with E-state index in [1.165, 1.54) is 18.7 Å². The van der Waals surface area contributed by atoms with Crippen molar-refractivity contribution in [3.05, 3.63) is 0 Å². The van der Waals surface area contributed by atoms with Gasteiger partial charge in [0.25, 0.3) is 5.97 Å². The fourth-order valence-electron chi connectivity index (χ4n) is 0. The lowest BCUT2D eigenvalue weighted by Gasteiger charge is -1.93. The van der Waals surface area contributed by atoms with Gasteiger partial charge >= 0.3 is 0 Å². The molecule has 0 rings (SSSR count). The molecule has 0 bridgehead atoms. The van der Waals surface area contributed by atoms with Gasteiger partial charge in [0.1, 0.15) is 5.78 Å². The van der Waals surface area contributed by atoms with Gasteiger partial charge in [-0.3, -0.25) is 9.59 Å². The second-order valence-corrected chi connectivity index (χ2v) is 2.50. The van der Waals surface area contributed by atoms with E-state index < -0.39 is 5.97 Å². The molecule has 0 unspecified atom stereocenters. The first kappa shape index (κ1) is 17.6. The number of carboxylic acids is 1. The van der Waals surface area contributed by atoms with Crippen molar-refractivity contribution in [1.82, 2.24) is 4.90 Å².